The van der Waals surface area contributed by atoms with Gasteiger partial charge in [0.2, 0.25) is 5.91 Å². The summed E-state index contributed by atoms with van der Waals surface area (Å²) in [4.78, 5) is 13.0. The normalized spacial score (nSPS) is 19.9. The van der Waals surface area contributed by atoms with Crippen molar-refractivity contribution in [1.82, 2.24) is 4.90 Å². The minimum absolute atomic E-state index is 0.0185. The van der Waals surface area contributed by atoms with Crippen LogP contribution in [0.5, 0.6) is 0 Å². The summed E-state index contributed by atoms with van der Waals surface area (Å²) in [6, 6.07) is 8.24. The molecule has 0 aliphatic carbocycles. The second kappa shape index (κ2) is 6.45. The molecule has 0 saturated carbocycles. The van der Waals surface area contributed by atoms with Crippen LogP contribution in [0.15, 0.2) is 24.3 Å². The maximum Gasteiger partial charge on any atom is 0.239 e. The van der Waals surface area contributed by atoms with E-state index in [-0.39, 0.29) is 17.9 Å². The van der Waals surface area contributed by atoms with E-state index in [1.165, 1.54) is 5.56 Å². The molecular weight excluding hydrogens is 270 g/mol. The van der Waals surface area contributed by atoms with E-state index < -0.39 is 0 Å². The first-order valence-electron chi connectivity index (χ1n) is 5.89. The van der Waals surface area contributed by atoms with Crippen molar-refractivity contribution in [2.45, 2.75) is 18.3 Å². The zero-order valence-electron chi connectivity index (χ0n) is 10.0. The molecule has 98 valence electrons. The number of amides is 1. The summed E-state index contributed by atoms with van der Waals surface area (Å²) in [7, 11) is 0. The van der Waals surface area contributed by atoms with Crippen LogP contribution >= 0.6 is 24.2 Å². The van der Waals surface area contributed by atoms with Gasteiger partial charge in [-0.3, -0.25) is 4.79 Å². The molecule has 1 heterocycles. The number of benzene rings is 1. The van der Waals surface area contributed by atoms with Crippen molar-refractivity contribution in [1.29, 1.82) is 0 Å². The monoisotopic (exact) mass is 285 g/mol. The molecule has 18 heavy (non-hydrogen) atoms. The van der Waals surface area contributed by atoms with Crippen LogP contribution in [0.25, 0.3) is 0 Å². The highest BCUT2D eigenvalue weighted by atomic mass is 35.5. The second-order valence-electron chi connectivity index (χ2n) is 4.26. The first-order chi connectivity index (χ1) is 8.74. The van der Waals surface area contributed by atoms with Crippen LogP contribution in [0.2, 0.25) is 0 Å². The lowest BCUT2D eigenvalue weighted by Gasteiger charge is -2.32. The van der Waals surface area contributed by atoms with E-state index in [0.29, 0.717) is 13.3 Å². The topological polar surface area (TPSA) is 29.5 Å². The fourth-order valence-electron chi connectivity index (χ4n) is 1.98. The molecule has 2 rings (SSSR count). The summed E-state index contributed by atoms with van der Waals surface area (Å²) in [6.07, 6.45) is 0.876. The number of halogens is 1. The van der Waals surface area contributed by atoms with Crippen LogP contribution in [-0.4, -0.2) is 30.0 Å². The minimum Gasteiger partial charge on any atom is -0.353 e. The first-order valence-corrected chi connectivity index (χ1v) is 7.06. The Morgan fingerprint density at radius 2 is 2.17 bits per heavy atom. The molecule has 1 aliphatic heterocycles. The Morgan fingerprint density at radius 1 is 1.44 bits per heavy atom. The highest BCUT2D eigenvalue weighted by molar-refractivity contribution is 7.79. The number of alkyl halides is 1. The van der Waals surface area contributed by atoms with Gasteiger partial charge in [0.05, 0.1) is 6.10 Å². The summed E-state index contributed by atoms with van der Waals surface area (Å²) in [5, 5.41) is 0. The summed E-state index contributed by atoms with van der Waals surface area (Å²) < 4.78 is 5.70. The Balaban J connectivity index is 1.94. The standard InChI is InChI=1S/C13H16ClNO2S/c14-7-13(16)15-6-5-12(17-9-15)11-3-1-10(8-18)2-4-11/h1-4,12,18H,5-9H2. The lowest BCUT2D eigenvalue weighted by molar-refractivity contribution is -0.143. The highest BCUT2D eigenvalue weighted by Crippen LogP contribution is 2.26. The first kappa shape index (κ1) is 13.7. The van der Waals surface area contributed by atoms with Gasteiger partial charge in [-0.2, -0.15) is 12.6 Å². The van der Waals surface area contributed by atoms with Gasteiger partial charge in [-0.15, -0.1) is 11.6 Å². The van der Waals surface area contributed by atoms with Gasteiger partial charge in [-0.05, 0) is 17.5 Å². The number of carbonyl (C=O) groups excluding carboxylic acids is 1. The predicted octanol–water partition coefficient (Wildman–Crippen LogP) is 2.60. The fraction of sp³-hybridized carbons (Fsp3) is 0.462. The molecule has 1 amide bonds. The molecule has 0 spiro atoms. The number of hydrogen-bond donors (Lipinski definition) is 1. The Bertz CT molecular complexity index is 402. The molecule has 1 aliphatic rings. The minimum atomic E-state index is -0.0689. The summed E-state index contributed by atoms with van der Waals surface area (Å²) in [6.45, 7) is 1.02. The van der Waals surface area contributed by atoms with Crippen LogP contribution in [0.3, 0.4) is 0 Å². The molecule has 0 radical (unpaired) electrons. The Morgan fingerprint density at radius 3 is 2.67 bits per heavy atom. The maximum absolute atomic E-state index is 11.4. The fourth-order valence-corrected chi connectivity index (χ4v) is 2.36. The molecule has 0 N–H and O–H groups in total. The number of thiol groups is 1. The van der Waals surface area contributed by atoms with Gasteiger partial charge in [0.1, 0.15) is 12.6 Å². The van der Waals surface area contributed by atoms with Crippen molar-refractivity contribution in [2.75, 3.05) is 19.2 Å². The van der Waals surface area contributed by atoms with Crippen LogP contribution in [0, 0.1) is 0 Å². The quantitative estimate of drug-likeness (QED) is 0.683. The van der Waals surface area contributed by atoms with E-state index in [0.717, 1.165) is 17.7 Å². The van der Waals surface area contributed by atoms with Gasteiger partial charge in [0.15, 0.2) is 0 Å². The van der Waals surface area contributed by atoms with Crippen molar-refractivity contribution < 1.29 is 9.53 Å². The molecular formula is C13H16ClNO2S. The number of ether oxygens (including phenoxy) is 1. The van der Waals surface area contributed by atoms with Gasteiger partial charge in [0, 0.05) is 12.3 Å². The van der Waals surface area contributed by atoms with Crippen molar-refractivity contribution in [3.05, 3.63) is 35.4 Å². The summed E-state index contributed by atoms with van der Waals surface area (Å²) in [5.41, 5.74) is 2.34. The zero-order valence-corrected chi connectivity index (χ0v) is 11.7. The largest absolute Gasteiger partial charge is 0.353 e. The smallest absolute Gasteiger partial charge is 0.239 e. The van der Waals surface area contributed by atoms with Crippen molar-refractivity contribution in [3.63, 3.8) is 0 Å². The maximum atomic E-state index is 11.4. The molecule has 1 fully saturated rings. The molecule has 1 saturated heterocycles. The molecule has 0 aromatic heterocycles. The molecule has 0 bridgehead atoms. The average molecular weight is 286 g/mol. The molecule has 5 heteroatoms. The molecule has 1 aromatic carbocycles. The zero-order chi connectivity index (χ0) is 13.0. The predicted molar refractivity (Wildman–Crippen MR) is 74.9 cm³/mol. The van der Waals surface area contributed by atoms with E-state index in [4.69, 9.17) is 16.3 Å². The van der Waals surface area contributed by atoms with Crippen LogP contribution in [0.4, 0.5) is 0 Å². The molecule has 1 aromatic rings. The third-order valence-corrected chi connectivity index (χ3v) is 3.69. The lowest BCUT2D eigenvalue weighted by Crippen LogP contribution is -2.39. The van der Waals surface area contributed by atoms with Gasteiger partial charge in [-0.25, -0.2) is 0 Å². The van der Waals surface area contributed by atoms with E-state index >= 15 is 0 Å². The molecule has 1 unspecified atom stereocenters. The Kier molecular flexibility index (Phi) is 4.92. The highest BCUT2D eigenvalue weighted by Gasteiger charge is 2.23. The molecule has 1 atom stereocenters. The van der Waals surface area contributed by atoms with Crippen molar-refractivity contribution >= 4 is 30.1 Å². The van der Waals surface area contributed by atoms with Gasteiger partial charge in [-0.1, -0.05) is 24.3 Å². The SMILES string of the molecule is O=C(CCl)N1CCC(c2ccc(CS)cc2)OC1. The summed E-state index contributed by atoms with van der Waals surface area (Å²) >= 11 is 9.75. The van der Waals surface area contributed by atoms with E-state index in [1.807, 2.05) is 0 Å². The van der Waals surface area contributed by atoms with Crippen LogP contribution in [0.1, 0.15) is 23.7 Å². The Hall–Kier alpha value is -0.710. The van der Waals surface area contributed by atoms with E-state index in [1.54, 1.807) is 4.90 Å². The van der Waals surface area contributed by atoms with Gasteiger partial charge >= 0.3 is 0 Å². The Labute approximate surface area is 117 Å². The third kappa shape index (κ3) is 3.19. The second-order valence-corrected chi connectivity index (χ2v) is 4.85. The van der Waals surface area contributed by atoms with Crippen LogP contribution in [-0.2, 0) is 15.3 Å². The average Bonchev–Trinajstić information content (AvgIpc) is 2.47. The molecule has 3 nitrogen and oxygen atoms in total. The number of hydrogen-bond acceptors (Lipinski definition) is 3. The third-order valence-electron chi connectivity index (χ3n) is 3.09. The van der Waals surface area contributed by atoms with Gasteiger partial charge < -0.3 is 9.64 Å². The number of carbonyl (C=O) groups is 1. The van der Waals surface area contributed by atoms with Crippen molar-refractivity contribution in [2.24, 2.45) is 0 Å². The van der Waals surface area contributed by atoms with Crippen molar-refractivity contribution in [3.8, 4) is 0 Å². The number of nitrogens with zero attached hydrogens (tertiary/aromatic N) is 1. The van der Waals surface area contributed by atoms with Crippen LogP contribution < -0.4 is 0 Å². The lowest BCUT2D eigenvalue weighted by atomic mass is 10.0. The van der Waals surface area contributed by atoms with E-state index in [2.05, 4.69) is 36.9 Å². The van der Waals surface area contributed by atoms with Gasteiger partial charge in [0.25, 0.3) is 0 Å². The number of rotatable bonds is 3. The van der Waals surface area contributed by atoms with E-state index in [9.17, 15) is 4.79 Å². The summed E-state index contributed by atoms with van der Waals surface area (Å²) in [5.74, 6) is 0.689.